The Morgan fingerprint density at radius 2 is 2.07 bits per heavy atom. The third kappa shape index (κ3) is 3.01. The molecule has 9 heteroatoms. The number of nitrogens with zero attached hydrogens (tertiary/aromatic N) is 3. The predicted molar refractivity (Wildman–Crippen MR) is 102 cm³/mol. The van der Waals surface area contributed by atoms with E-state index in [2.05, 4.69) is 10.3 Å². The van der Waals surface area contributed by atoms with Crippen LogP contribution in [-0.2, 0) is 11.3 Å². The number of fused-ring (bicyclic) bond motifs is 3. The summed E-state index contributed by atoms with van der Waals surface area (Å²) < 4.78 is 41.3. The van der Waals surface area contributed by atoms with Crippen LogP contribution in [0.3, 0.4) is 0 Å². The van der Waals surface area contributed by atoms with Gasteiger partial charge in [0, 0.05) is 23.9 Å². The minimum atomic E-state index is -1.03. The van der Waals surface area contributed by atoms with E-state index in [0.29, 0.717) is 12.1 Å². The summed E-state index contributed by atoms with van der Waals surface area (Å²) in [4.78, 5) is 32.0. The number of urea groups is 1. The Hall–Kier alpha value is -3.36. The quantitative estimate of drug-likeness (QED) is 0.839. The third-order valence-corrected chi connectivity index (χ3v) is 5.87. The van der Waals surface area contributed by atoms with E-state index in [4.69, 9.17) is 0 Å². The molecule has 1 saturated heterocycles. The molecule has 0 unspecified atom stereocenters. The summed E-state index contributed by atoms with van der Waals surface area (Å²) in [5.74, 6) is -2.64. The van der Waals surface area contributed by atoms with Crippen LogP contribution in [0.25, 0.3) is 5.57 Å². The van der Waals surface area contributed by atoms with Gasteiger partial charge in [-0.3, -0.25) is 9.78 Å². The normalized spacial score (nSPS) is 22.1. The topological polar surface area (TPSA) is 65.5 Å². The van der Waals surface area contributed by atoms with Gasteiger partial charge in [-0.1, -0.05) is 6.08 Å². The van der Waals surface area contributed by atoms with Gasteiger partial charge < -0.3 is 15.1 Å². The van der Waals surface area contributed by atoms with Crippen LogP contribution in [0, 0.1) is 23.4 Å². The molecular weight excluding hydrogens is 397 g/mol. The number of halogens is 3. The first kappa shape index (κ1) is 18.7. The second-order valence-corrected chi connectivity index (χ2v) is 7.75. The Kier molecular flexibility index (Phi) is 4.27. The highest BCUT2D eigenvalue weighted by Gasteiger charge is 2.42. The number of hydrogen-bond donors (Lipinski definition) is 1. The number of amides is 3. The minimum absolute atomic E-state index is 0.0109. The molecule has 1 fully saturated rings. The SMILES string of the molecule is O=C1Nc2ccc(F)c(F)c2CN1CC(=O)N1C[C@@H]2C=C(c3cncc(F)c3)[C@H]1C2. The first-order valence-electron chi connectivity index (χ1n) is 9.55. The maximum atomic E-state index is 14.1. The number of carbonyl (C=O) groups excluding carboxylic acids is 2. The first-order chi connectivity index (χ1) is 14.4. The monoisotopic (exact) mass is 414 g/mol. The lowest BCUT2D eigenvalue weighted by atomic mass is 10.0. The fraction of sp³-hybridized carbons (Fsp3) is 0.286. The van der Waals surface area contributed by atoms with Gasteiger partial charge in [0.25, 0.3) is 0 Å². The first-order valence-corrected chi connectivity index (χ1v) is 9.55. The molecular formula is C21H17F3N4O2. The zero-order chi connectivity index (χ0) is 21.0. The molecule has 1 aromatic heterocycles. The van der Waals surface area contributed by atoms with Gasteiger partial charge in [-0.2, -0.15) is 0 Å². The summed E-state index contributed by atoms with van der Waals surface area (Å²) in [6.45, 7) is 0.0405. The van der Waals surface area contributed by atoms with Gasteiger partial charge in [-0.25, -0.2) is 18.0 Å². The number of hydrogen-bond acceptors (Lipinski definition) is 3. The summed E-state index contributed by atoms with van der Waals surface area (Å²) in [5, 5.41) is 2.50. The summed E-state index contributed by atoms with van der Waals surface area (Å²) in [6.07, 6.45) is 5.44. The zero-order valence-corrected chi connectivity index (χ0v) is 15.7. The van der Waals surface area contributed by atoms with Crippen molar-refractivity contribution in [2.24, 2.45) is 5.92 Å². The maximum absolute atomic E-state index is 14.1. The Morgan fingerprint density at radius 3 is 2.83 bits per heavy atom. The van der Waals surface area contributed by atoms with E-state index in [-0.39, 0.29) is 42.2 Å². The van der Waals surface area contributed by atoms with Crippen molar-refractivity contribution >= 4 is 23.2 Å². The standard InChI is InChI=1S/C21H17F3N4O2/c22-13-5-12(6-25-7-13)14-3-11-4-18(14)28(8-11)19(29)10-27-9-15-17(26-21(27)30)2-1-16(23)20(15)24/h1-3,5-7,11,18H,4,8-10H2,(H,26,30)/t11-,18-/m1/s1. The molecule has 0 saturated carbocycles. The summed E-state index contributed by atoms with van der Waals surface area (Å²) in [7, 11) is 0. The Bertz CT molecular complexity index is 1100. The van der Waals surface area contributed by atoms with Crippen molar-refractivity contribution in [2.75, 3.05) is 18.4 Å². The highest BCUT2D eigenvalue weighted by atomic mass is 19.2. The fourth-order valence-electron chi connectivity index (χ4n) is 4.49. The summed E-state index contributed by atoms with van der Waals surface area (Å²) >= 11 is 0. The van der Waals surface area contributed by atoms with Crippen molar-refractivity contribution in [3.8, 4) is 0 Å². The van der Waals surface area contributed by atoms with Crippen LogP contribution in [0.15, 0.2) is 36.7 Å². The molecule has 5 rings (SSSR count). The van der Waals surface area contributed by atoms with Crippen molar-refractivity contribution in [3.05, 3.63) is 65.2 Å². The van der Waals surface area contributed by atoms with Gasteiger partial charge in [0.15, 0.2) is 11.6 Å². The number of anilines is 1. The van der Waals surface area contributed by atoms with Crippen LogP contribution in [0.5, 0.6) is 0 Å². The number of pyridine rings is 1. The molecule has 1 aromatic carbocycles. The van der Waals surface area contributed by atoms with Gasteiger partial charge in [0.05, 0.1) is 24.5 Å². The largest absolute Gasteiger partial charge is 0.333 e. The molecule has 2 aliphatic heterocycles. The molecule has 3 heterocycles. The van der Waals surface area contributed by atoms with Gasteiger partial charge >= 0.3 is 6.03 Å². The predicted octanol–water partition coefficient (Wildman–Crippen LogP) is 3.16. The van der Waals surface area contributed by atoms with Crippen LogP contribution in [0.1, 0.15) is 17.5 Å². The molecule has 2 atom stereocenters. The molecule has 2 bridgehead atoms. The zero-order valence-electron chi connectivity index (χ0n) is 15.7. The summed E-state index contributed by atoms with van der Waals surface area (Å²) in [5.41, 5.74) is 1.68. The Labute approximate surface area is 170 Å². The molecule has 1 N–H and O–H groups in total. The number of rotatable bonds is 3. The van der Waals surface area contributed by atoms with Crippen molar-refractivity contribution in [3.63, 3.8) is 0 Å². The lowest BCUT2D eigenvalue weighted by Gasteiger charge is -2.33. The van der Waals surface area contributed by atoms with Crippen molar-refractivity contribution < 1.29 is 22.8 Å². The molecule has 3 amide bonds. The van der Waals surface area contributed by atoms with Crippen molar-refractivity contribution in [2.45, 2.75) is 19.0 Å². The van der Waals surface area contributed by atoms with E-state index < -0.39 is 23.5 Å². The maximum Gasteiger partial charge on any atom is 0.322 e. The highest BCUT2D eigenvalue weighted by molar-refractivity contribution is 5.95. The van der Waals surface area contributed by atoms with E-state index >= 15 is 0 Å². The smallest absolute Gasteiger partial charge is 0.322 e. The Morgan fingerprint density at radius 1 is 1.23 bits per heavy atom. The number of carbonyl (C=O) groups is 2. The average molecular weight is 414 g/mol. The number of nitrogens with one attached hydrogen (secondary N) is 1. The summed E-state index contributed by atoms with van der Waals surface area (Å²) in [6, 6.07) is 2.87. The van der Waals surface area contributed by atoms with E-state index in [9.17, 15) is 22.8 Å². The fourth-order valence-corrected chi connectivity index (χ4v) is 4.49. The van der Waals surface area contributed by atoms with Crippen LogP contribution in [0.4, 0.5) is 23.7 Å². The highest BCUT2D eigenvalue weighted by Crippen LogP contribution is 2.41. The minimum Gasteiger partial charge on any atom is -0.333 e. The second kappa shape index (κ2) is 6.86. The van der Waals surface area contributed by atoms with E-state index in [1.54, 1.807) is 11.1 Å². The lowest BCUT2D eigenvalue weighted by Crippen LogP contribution is -2.48. The number of likely N-dealkylation sites (tertiary alicyclic amines) is 1. The third-order valence-electron chi connectivity index (χ3n) is 5.87. The van der Waals surface area contributed by atoms with Gasteiger partial charge in [-0.05, 0) is 36.1 Å². The van der Waals surface area contributed by atoms with Crippen LogP contribution in [0.2, 0.25) is 0 Å². The Balaban J connectivity index is 1.33. The number of benzene rings is 1. The van der Waals surface area contributed by atoms with Gasteiger partial charge in [0.2, 0.25) is 5.91 Å². The number of aromatic nitrogens is 1. The van der Waals surface area contributed by atoms with E-state index in [0.717, 1.165) is 29.2 Å². The molecule has 30 heavy (non-hydrogen) atoms. The van der Waals surface area contributed by atoms with Crippen LogP contribution >= 0.6 is 0 Å². The van der Waals surface area contributed by atoms with Gasteiger partial charge in [0.1, 0.15) is 12.4 Å². The van der Waals surface area contributed by atoms with Gasteiger partial charge in [-0.15, -0.1) is 0 Å². The molecule has 1 aliphatic carbocycles. The van der Waals surface area contributed by atoms with E-state index in [1.807, 2.05) is 6.08 Å². The molecule has 154 valence electrons. The van der Waals surface area contributed by atoms with Crippen molar-refractivity contribution in [1.82, 2.24) is 14.8 Å². The molecule has 0 spiro atoms. The average Bonchev–Trinajstić information content (AvgIpc) is 3.33. The lowest BCUT2D eigenvalue weighted by molar-refractivity contribution is -0.132. The van der Waals surface area contributed by atoms with E-state index in [1.165, 1.54) is 12.1 Å². The molecule has 6 nitrogen and oxygen atoms in total. The van der Waals surface area contributed by atoms with Crippen LogP contribution in [-0.4, -0.2) is 45.9 Å². The molecule has 3 aliphatic rings. The van der Waals surface area contributed by atoms with Crippen LogP contribution < -0.4 is 5.32 Å². The molecule has 0 radical (unpaired) electrons. The second-order valence-electron chi connectivity index (χ2n) is 7.75. The molecule has 2 aromatic rings. The van der Waals surface area contributed by atoms with Crippen molar-refractivity contribution in [1.29, 1.82) is 0 Å².